The third-order valence-corrected chi connectivity index (χ3v) is 1.83. The van der Waals surface area contributed by atoms with E-state index in [-0.39, 0.29) is 17.1 Å². The van der Waals surface area contributed by atoms with Gasteiger partial charge in [0.15, 0.2) is 0 Å². The summed E-state index contributed by atoms with van der Waals surface area (Å²) in [5.74, 6) is 0.115. The maximum absolute atomic E-state index is 12.0. The molecule has 1 N–H and O–H groups in total. The molecular weight excluding hydrogens is 241 g/mol. The van der Waals surface area contributed by atoms with E-state index in [4.69, 9.17) is 4.74 Å². The molecule has 94 valence electrons. The van der Waals surface area contributed by atoms with E-state index in [0.29, 0.717) is 0 Å². The monoisotopic (exact) mass is 250 g/mol. The first kappa shape index (κ1) is 13.1. The van der Waals surface area contributed by atoms with Crippen molar-refractivity contribution in [3.63, 3.8) is 0 Å². The molecule has 0 aliphatic rings. The number of alkyl halides is 3. The van der Waals surface area contributed by atoms with Crippen molar-refractivity contribution in [2.75, 3.05) is 19.0 Å². The molecule has 0 spiro atoms. The van der Waals surface area contributed by atoms with Crippen molar-refractivity contribution in [3.8, 4) is 5.75 Å². The Morgan fingerprint density at radius 2 is 2.06 bits per heavy atom. The van der Waals surface area contributed by atoms with Crippen molar-refractivity contribution in [3.05, 3.63) is 28.3 Å². The highest BCUT2D eigenvalue weighted by molar-refractivity contribution is 5.56. The molecule has 0 radical (unpaired) electrons. The highest BCUT2D eigenvalue weighted by atomic mass is 19.4. The van der Waals surface area contributed by atoms with Crippen LogP contribution in [-0.4, -0.2) is 24.8 Å². The molecule has 0 saturated carbocycles. The zero-order chi connectivity index (χ0) is 13.1. The molecule has 0 heterocycles. The van der Waals surface area contributed by atoms with E-state index >= 15 is 0 Å². The Bertz CT molecular complexity index is 420. The van der Waals surface area contributed by atoms with Gasteiger partial charge in [-0.2, -0.15) is 13.2 Å². The van der Waals surface area contributed by atoms with Gasteiger partial charge in [-0.25, -0.2) is 0 Å². The number of anilines is 1. The fourth-order valence-electron chi connectivity index (χ4n) is 1.11. The number of ether oxygens (including phenoxy) is 1. The number of halogens is 3. The second kappa shape index (κ2) is 4.89. The van der Waals surface area contributed by atoms with Crippen LogP contribution in [0.1, 0.15) is 0 Å². The van der Waals surface area contributed by atoms with Crippen LogP contribution in [0.4, 0.5) is 24.5 Å². The molecule has 0 aliphatic heterocycles. The Morgan fingerprint density at radius 1 is 1.41 bits per heavy atom. The van der Waals surface area contributed by atoms with Crippen molar-refractivity contribution >= 4 is 11.4 Å². The smallest absolute Gasteiger partial charge is 0.405 e. The average molecular weight is 250 g/mol. The second-order valence-corrected chi connectivity index (χ2v) is 3.15. The zero-order valence-corrected chi connectivity index (χ0v) is 8.75. The summed E-state index contributed by atoms with van der Waals surface area (Å²) in [5, 5.41) is 12.6. The lowest BCUT2D eigenvalue weighted by Gasteiger charge is -2.10. The summed E-state index contributed by atoms with van der Waals surface area (Å²) in [6.45, 7) is -1.27. The Hall–Kier alpha value is -1.99. The summed E-state index contributed by atoms with van der Waals surface area (Å²) in [6.07, 6.45) is -4.39. The SMILES string of the molecule is COc1cc(NCC(F)(F)F)cc([N+](=O)[O-])c1. The maximum Gasteiger partial charge on any atom is 0.405 e. The molecule has 0 amide bonds. The van der Waals surface area contributed by atoms with Crippen LogP contribution >= 0.6 is 0 Å². The van der Waals surface area contributed by atoms with Crippen molar-refractivity contribution in [2.45, 2.75) is 6.18 Å². The van der Waals surface area contributed by atoms with Gasteiger partial charge in [-0.05, 0) is 0 Å². The molecule has 0 bridgehead atoms. The number of rotatable bonds is 4. The lowest BCUT2D eigenvalue weighted by Crippen LogP contribution is -2.21. The van der Waals surface area contributed by atoms with Gasteiger partial charge in [0.2, 0.25) is 0 Å². The maximum atomic E-state index is 12.0. The number of nitrogens with zero attached hydrogens (tertiary/aromatic N) is 1. The van der Waals surface area contributed by atoms with Crippen LogP contribution in [0.25, 0.3) is 0 Å². The fraction of sp³-hybridized carbons (Fsp3) is 0.333. The normalized spacial score (nSPS) is 11.1. The molecule has 1 aromatic rings. The van der Waals surface area contributed by atoms with Crippen molar-refractivity contribution in [2.24, 2.45) is 0 Å². The summed E-state index contributed by atoms with van der Waals surface area (Å²) in [7, 11) is 1.27. The molecule has 0 atom stereocenters. The summed E-state index contributed by atoms with van der Waals surface area (Å²) in [6, 6.07) is 3.38. The van der Waals surface area contributed by atoms with Crippen LogP contribution in [0.3, 0.4) is 0 Å². The minimum Gasteiger partial charge on any atom is -0.496 e. The topological polar surface area (TPSA) is 64.4 Å². The molecule has 0 saturated heterocycles. The molecule has 1 aromatic carbocycles. The Labute approximate surface area is 94.3 Å². The number of hydrogen-bond donors (Lipinski definition) is 1. The molecule has 8 heteroatoms. The lowest BCUT2D eigenvalue weighted by atomic mass is 10.2. The first-order valence-electron chi connectivity index (χ1n) is 4.46. The van der Waals surface area contributed by atoms with Crippen LogP contribution in [-0.2, 0) is 0 Å². The van der Waals surface area contributed by atoms with E-state index in [1.54, 1.807) is 0 Å². The first-order valence-corrected chi connectivity index (χ1v) is 4.46. The number of methoxy groups -OCH3 is 1. The van der Waals surface area contributed by atoms with Crippen molar-refractivity contribution < 1.29 is 22.8 Å². The predicted octanol–water partition coefficient (Wildman–Crippen LogP) is 2.58. The third-order valence-electron chi connectivity index (χ3n) is 1.83. The van der Waals surface area contributed by atoms with E-state index in [0.717, 1.165) is 12.1 Å². The van der Waals surface area contributed by atoms with Gasteiger partial charge in [-0.3, -0.25) is 10.1 Å². The van der Waals surface area contributed by atoms with E-state index in [1.165, 1.54) is 13.2 Å². The quantitative estimate of drug-likeness (QED) is 0.658. The summed E-state index contributed by atoms with van der Waals surface area (Å²) >= 11 is 0. The Morgan fingerprint density at radius 3 is 2.53 bits per heavy atom. The Kier molecular flexibility index (Phi) is 3.77. The van der Waals surface area contributed by atoms with Crippen LogP contribution < -0.4 is 10.1 Å². The minimum absolute atomic E-state index is 0.0200. The number of nitro groups is 1. The standard InChI is InChI=1S/C9H9F3N2O3/c1-17-8-3-6(13-5-9(10,11)12)2-7(4-8)14(15)16/h2-4,13H,5H2,1H3. The molecule has 0 fully saturated rings. The van der Waals surface area contributed by atoms with Gasteiger partial charge in [0.05, 0.1) is 18.1 Å². The highest BCUT2D eigenvalue weighted by Crippen LogP contribution is 2.26. The van der Waals surface area contributed by atoms with Gasteiger partial charge in [0.1, 0.15) is 12.3 Å². The highest BCUT2D eigenvalue weighted by Gasteiger charge is 2.26. The van der Waals surface area contributed by atoms with E-state index in [9.17, 15) is 23.3 Å². The number of nitro benzene ring substituents is 1. The lowest BCUT2D eigenvalue weighted by molar-refractivity contribution is -0.384. The third kappa shape index (κ3) is 4.17. The molecule has 0 aliphatic carbocycles. The van der Waals surface area contributed by atoms with Crippen LogP contribution in [0.5, 0.6) is 5.75 Å². The average Bonchev–Trinajstić information content (AvgIpc) is 2.25. The number of benzene rings is 1. The largest absolute Gasteiger partial charge is 0.496 e. The second-order valence-electron chi connectivity index (χ2n) is 3.15. The van der Waals surface area contributed by atoms with E-state index in [2.05, 4.69) is 0 Å². The van der Waals surface area contributed by atoms with Crippen LogP contribution in [0.15, 0.2) is 18.2 Å². The molecule has 0 unspecified atom stereocenters. The molecule has 5 nitrogen and oxygen atoms in total. The first-order chi connectivity index (χ1) is 7.81. The summed E-state index contributed by atoms with van der Waals surface area (Å²) in [4.78, 5) is 9.82. The predicted molar refractivity (Wildman–Crippen MR) is 54.2 cm³/mol. The molecular formula is C9H9F3N2O3. The van der Waals surface area contributed by atoms with Crippen molar-refractivity contribution in [1.29, 1.82) is 0 Å². The van der Waals surface area contributed by atoms with Gasteiger partial charge < -0.3 is 10.1 Å². The van der Waals surface area contributed by atoms with Gasteiger partial charge in [-0.15, -0.1) is 0 Å². The van der Waals surface area contributed by atoms with Gasteiger partial charge in [0.25, 0.3) is 5.69 Å². The number of hydrogen-bond acceptors (Lipinski definition) is 4. The van der Waals surface area contributed by atoms with Crippen LogP contribution in [0.2, 0.25) is 0 Å². The number of nitrogens with one attached hydrogen (secondary N) is 1. The molecule has 17 heavy (non-hydrogen) atoms. The van der Waals surface area contributed by atoms with Gasteiger partial charge in [0, 0.05) is 17.8 Å². The van der Waals surface area contributed by atoms with Crippen LogP contribution in [0, 0.1) is 10.1 Å². The summed E-state index contributed by atoms with van der Waals surface area (Å²) < 4.78 is 40.6. The number of non-ortho nitro benzene ring substituents is 1. The molecule has 0 aromatic heterocycles. The van der Waals surface area contributed by atoms with Gasteiger partial charge in [-0.1, -0.05) is 0 Å². The minimum atomic E-state index is -4.39. The van der Waals surface area contributed by atoms with Crippen molar-refractivity contribution in [1.82, 2.24) is 0 Å². The fourth-order valence-corrected chi connectivity index (χ4v) is 1.11. The molecule has 1 rings (SSSR count). The zero-order valence-electron chi connectivity index (χ0n) is 8.75. The van der Waals surface area contributed by atoms with E-state index in [1.807, 2.05) is 5.32 Å². The Balaban J connectivity index is 2.91. The van der Waals surface area contributed by atoms with Gasteiger partial charge >= 0.3 is 6.18 Å². The van der Waals surface area contributed by atoms with E-state index < -0.39 is 17.6 Å². The summed E-state index contributed by atoms with van der Waals surface area (Å²) in [5.41, 5.74) is -0.359.